The number of hydrazine groups is 1. The molecule has 0 aliphatic carbocycles. The third kappa shape index (κ3) is 4.07. The zero-order valence-corrected chi connectivity index (χ0v) is 14.2. The van der Waals surface area contributed by atoms with Crippen LogP contribution >= 0.6 is 0 Å². The van der Waals surface area contributed by atoms with Crippen molar-refractivity contribution in [2.24, 2.45) is 5.84 Å². The van der Waals surface area contributed by atoms with Gasteiger partial charge in [0.25, 0.3) is 0 Å². The minimum absolute atomic E-state index is 0.208. The minimum atomic E-state index is -0.535. The molecule has 0 saturated carbocycles. The van der Waals surface area contributed by atoms with Gasteiger partial charge in [0.2, 0.25) is 5.91 Å². The molecule has 0 aromatic heterocycles. The first-order valence-corrected chi connectivity index (χ1v) is 7.28. The Balaban J connectivity index is 3.48. The topological polar surface area (TPSA) is 92.4 Å². The maximum Gasteiger partial charge on any atom is 0.241 e. The molecule has 0 saturated heterocycles. The molecule has 0 spiro atoms. The van der Waals surface area contributed by atoms with Crippen molar-refractivity contribution in [1.29, 1.82) is 0 Å². The van der Waals surface area contributed by atoms with Gasteiger partial charge in [0.05, 0.1) is 6.42 Å². The predicted molar refractivity (Wildman–Crippen MR) is 86.8 cm³/mol. The van der Waals surface area contributed by atoms with Gasteiger partial charge < -0.3 is 5.11 Å². The van der Waals surface area contributed by atoms with E-state index in [9.17, 15) is 14.7 Å². The molecule has 0 heterocycles. The average Bonchev–Trinajstić information content (AvgIpc) is 2.35. The average molecular weight is 306 g/mol. The predicted octanol–water partition coefficient (Wildman–Crippen LogP) is 2.55. The van der Waals surface area contributed by atoms with Crippen LogP contribution in [0.5, 0.6) is 5.75 Å². The fourth-order valence-electron chi connectivity index (χ4n) is 2.24. The minimum Gasteiger partial charge on any atom is -0.507 e. The van der Waals surface area contributed by atoms with Crippen molar-refractivity contribution in [2.45, 2.75) is 58.8 Å². The van der Waals surface area contributed by atoms with E-state index in [1.165, 1.54) is 0 Å². The number of nitrogens with two attached hydrogens (primary N) is 1. The number of aromatic hydroxyl groups is 1. The second-order valence-electron chi connectivity index (χ2n) is 7.59. The highest BCUT2D eigenvalue weighted by atomic mass is 16.3. The number of carbonyl (C=O) groups is 2. The van der Waals surface area contributed by atoms with Crippen LogP contribution in [-0.4, -0.2) is 16.8 Å². The number of hydrogen-bond acceptors (Lipinski definition) is 4. The lowest BCUT2D eigenvalue weighted by atomic mass is 9.78. The summed E-state index contributed by atoms with van der Waals surface area (Å²) in [6, 6.07) is 3.33. The standard InChI is InChI=1S/C17H26N2O3/c1-16(2,3)11-7-10(13(20)9-14(21)19-18)8-12(15(11)22)17(4,5)6/h7-8,22H,9,18H2,1-6H3,(H,19,21). The summed E-state index contributed by atoms with van der Waals surface area (Å²) in [5.41, 5.74) is 3.11. The SMILES string of the molecule is CC(C)(C)c1cc(C(=O)CC(=O)NN)cc(C(C)(C)C)c1O. The van der Waals surface area contributed by atoms with Gasteiger partial charge in [-0.05, 0) is 23.0 Å². The van der Waals surface area contributed by atoms with E-state index in [1.54, 1.807) is 12.1 Å². The zero-order chi connectivity index (χ0) is 17.3. The molecule has 0 bridgehead atoms. The number of amides is 1. The normalized spacial score (nSPS) is 12.1. The highest BCUT2D eigenvalue weighted by molar-refractivity contribution is 6.07. The molecule has 122 valence electrons. The second kappa shape index (κ2) is 6.08. The molecule has 0 aliphatic heterocycles. The molecule has 0 unspecified atom stereocenters. The van der Waals surface area contributed by atoms with Gasteiger partial charge in [-0.25, -0.2) is 5.84 Å². The molecule has 0 atom stereocenters. The lowest BCUT2D eigenvalue weighted by Gasteiger charge is -2.28. The summed E-state index contributed by atoms with van der Waals surface area (Å²) in [6.07, 6.45) is -0.311. The highest BCUT2D eigenvalue weighted by Crippen LogP contribution is 2.39. The summed E-state index contributed by atoms with van der Waals surface area (Å²) in [5, 5.41) is 10.6. The van der Waals surface area contributed by atoms with Crippen LogP contribution in [0, 0.1) is 0 Å². The van der Waals surface area contributed by atoms with Crippen LogP contribution < -0.4 is 11.3 Å². The van der Waals surface area contributed by atoms with E-state index in [-0.39, 0.29) is 28.8 Å². The smallest absolute Gasteiger partial charge is 0.241 e. The number of rotatable bonds is 3. The van der Waals surface area contributed by atoms with Crippen LogP contribution in [0.4, 0.5) is 0 Å². The third-order valence-electron chi connectivity index (χ3n) is 3.53. The Morgan fingerprint density at radius 2 is 1.45 bits per heavy atom. The Kier molecular flexibility index (Phi) is 5.03. The summed E-state index contributed by atoms with van der Waals surface area (Å²) in [5.74, 6) is 4.38. The number of phenols is 1. The molecule has 0 aliphatic rings. The van der Waals surface area contributed by atoms with Crippen LogP contribution in [-0.2, 0) is 15.6 Å². The molecule has 22 heavy (non-hydrogen) atoms. The quantitative estimate of drug-likeness (QED) is 0.263. The van der Waals surface area contributed by atoms with Crippen LogP contribution in [0.25, 0.3) is 0 Å². The van der Waals surface area contributed by atoms with Crippen LogP contribution in [0.3, 0.4) is 0 Å². The third-order valence-corrected chi connectivity index (χ3v) is 3.53. The first-order chi connectivity index (χ1) is 9.87. The van der Waals surface area contributed by atoms with Gasteiger partial charge in [-0.1, -0.05) is 41.5 Å². The van der Waals surface area contributed by atoms with E-state index in [1.807, 2.05) is 47.0 Å². The number of phenolic OH excluding ortho intramolecular Hbond substituents is 1. The van der Waals surface area contributed by atoms with Gasteiger partial charge in [-0.3, -0.25) is 15.0 Å². The number of carbonyl (C=O) groups excluding carboxylic acids is 2. The van der Waals surface area contributed by atoms with Crippen molar-refractivity contribution >= 4 is 11.7 Å². The van der Waals surface area contributed by atoms with E-state index >= 15 is 0 Å². The van der Waals surface area contributed by atoms with Crippen molar-refractivity contribution in [3.05, 3.63) is 28.8 Å². The maximum atomic E-state index is 12.3. The van der Waals surface area contributed by atoms with Gasteiger partial charge in [0, 0.05) is 16.7 Å². The van der Waals surface area contributed by atoms with Gasteiger partial charge >= 0.3 is 0 Å². The number of benzene rings is 1. The Hall–Kier alpha value is -1.88. The summed E-state index contributed by atoms with van der Waals surface area (Å²) in [6.45, 7) is 11.8. The number of nitrogens with one attached hydrogen (secondary N) is 1. The largest absolute Gasteiger partial charge is 0.507 e. The molecule has 4 N–H and O–H groups in total. The molecule has 5 nitrogen and oxygen atoms in total. The molecule has 5 heteroatoms. The van der Waals surface area contributed by atoms with E-state index in [2.05, 4.69) is 0 Å². The molecule has 1 aromatic carbocycles. The fourth-order valence-corrected chi connectivity index (χ4v) is 2.24. The Morgan fingerprint density at radius 1 is 1.05 bits per heavy atom. The van der Waals surface area contributed by atoms with E-state index in [0.717, 1.165) is 0 Å². The molecule has 0 radical (unpaired) electrons. The van der Waals surface area contributed by atoms with E-state index < -0.39 is 5.91 Å². The molecular weight excluding hydrogens is 280 g/mol. The van der Waals surface area contributed by atoms with Crippen molar-refractivity contribution in [3.63, 3.8) is 0 Å². The van der Waals surface area contributed by atoms with E-state index in [0.29, 0.717) is 16.7 Å². The van der Waals surface area contributed by atoms with Gasteiger partial charge in [0.15, 0.2) is 5.78 Å². The maximum absolute atomic E-state index is 12.3. The molecule has 1 aromatic rings. The van der Waals surface area contributed by atoms with Crippen LogP contribution in [0.15, 0.2) is 12.1 Å². The lowest BCUT2D eigenvalue weighted by Crippen LogP contribution is -2.31. The van der Waals surface area contributed by atoms with Crippen LogP contribution in [0.1, 0.15) is 69.4 Å². The number of ketones is 1. The van der Waals surface area contributed by atoms with Crippen molar-refractivity contribution in [1.82, 2.24) is 5.43 Å². The summed E-state index contributed by atoms with van der Waals surface area (Å²) in [4.78, 5) is 23.6. The molecule has 1 rings (SSSR count). The zero-order valence-electron chi connectivity index (χ0n) is 14.2. The monoisotopic (exact) mass is 306 g/mol. The van der Waals surface area contributed by atoms with Gasteiger partial charge in [-0.15, -0.1) is 0 Å². The first kappa shape index (κ1) is 18.2. The van der Waals surface area contributed by atoms with Gasteiger partial charge in [-0.2, -0.15) is 0 Å². The fraction of sp³-hybridized carbons (Fsp3) is 0.529. The molecule has 1 amide bonds. The van der Waals surface area contributed by atoms with Crippen molar-refractivity contribution in [2.75, 3.05) is 0 Å². The lowest BCUT2D eigenvalue weighted by molar-refractivity contribution is -0.120. The number of Topliss-reactive ketones (excluding diaryl/α,β-unsaturated/α-hetero) is 1. The Morgan fingerprint density at radius 3 is 1.77 bits per heavy atom. The van der Waals surface area contributed by atoms with Gasteiger partial charge in [0.1, 0.15) is 5.75 Å². The Labute approximate surface area is 131 Å². The molecular formula is C17H26N2O3. The molecule has 0 fully saturated rings. The van der Waals surface area contributed by atoms with Crippen molar-refractivity contribution < 1.29 is 14.7 Å². The second-order valence-corrected chi connectivity index (χ2v) is 7.59. The number of hydrogen-bond donors (Lipinski definition) is 3. The Bertz CT molecular complexity index is 558. The summed E-state index contributed by atoms with van der Waals surface area (Å²) >= 11 is 0. The van der Waals surface area contributed by atoms with Crippen LogP contribution in [0.2, 0.25) is 0 Å². The highest BCUT2D eigenvalue weighted by Gasteiger charge is 2.28. The summed E-state index contributed by atoms with van der Waals surface area (Å²) < 4.78 is 0. The van der Waals surface area contributed by atoms with Crippen molar-refractivity contribution in [3.8, 4) is 5.75 Å². The first-order valence-electron chi connectivity index (χ1n) is 7.28. The van der Waals surface area contributed by atoms with E-state index in [4.69, 9.17) is 5.84 Å². The summed E-state index contributed by atoms with van der Waals surface area (Å²) in [7, 11) is 0.